The van der Waals surface area contributed by atoms with Gasteiger partial charge in [-0.15, -0.1) is 0 Å². The Bertz CT molecular complexity index is 252. The zero-order valence-corrected chi connectivity index (χ0v) is 12.6. The summed E-state index contributed by atoms with van der Waals surface area (Å²) in [6, 6.07) is 2.81. The summed E-state index contributed by atoms with van der Waals surface area (Å²) < 4.78 is 5.14. The van der Waals surface area contributed by atoms with Gasteiger partial charge in [0.15, 0.2) is 0 Å². The molecule has 4 heteroatoms. The highest BCUT2D eigenvalue weighted by atomic mass is 16.5. The van der Waals surface area contributed by atoms with E-state index in [0.29, 0.717) is 6.04 Å². The highest BCUT2D eigenvalue weighted by molar-refractivity contribution is 5.03. The Balaban J connectivity index is 3.96. The van der Waals surface area contributed by atoms with Crippen molar-refractivity contribution in [3.05, 3.63) is 0 Å². The molecule has 0 saturated heterocycles. The first-order valence-electron chi connectivity index (χ1n) is 6.84. The lowest BCUT2D eigenvalue weighted by molar-refractivity contribution is 0.113. The molecule has 0 saturated carbocycles. The van der Waals surface area contributed by atoms with Crippen LogP contribution in [-0.2, 0) is 4.74 Å². The van der Waals surface area contributed by atoms with Crippen LogP contribution >= 0.6 is 0 Å². The lowest BCUT2D eigenvalue weighted by Crippen LogP contribution is -2.42. The van der Waals surface area contributed by atoms with Crippen LogP contribution < -0.4 is 5.32 Å². The third kappa shape index (κ3) is 6.95. The number of methoxy groups -OCH3 is 1. The van der Waals surface area contributed by atoms with Crippen LogP contribution in [0.4, 0.5) is 0 Å². The maximum atomic E-state index is 9.22. The van der Waals surface area contributed by atoms with Crippen LogP contribution in [-0.4, -0.2) is 50.3 Å². The summed E-state index contributed by atoms with van der Waals surface area (Å²) in [4.78, 5) is 2.28. The van der Waals surface area contributed by atoms with Gasteiger partial charge in [0.2, 0.25) is 0 Å². The van der Waals surface area contributed by atoms with Gasteiger partial charge in [-0.1, -0.05) is 6.92 Å². The van der Waals surface area contributed by atoms with Crippen LogP contribution in [0, 0.1) is 11.3 Å². The maximum absolute atomic E-state index is 9.22. The molecule has 0 bridgehead atoms. The molecule has 0 aliphatic heterocycles. The third-order valence-corrected chi connectivity index (χ3v) is 3.36. The van der Waals surface area contributed by atoms with Crippen molar-refractivity contribution >= 4 is 0 Å². The number of nitriles is 1. The van der Waals surface area contributed by atoms with E-state index in [1.165, 1.54) is 0 Å². The van der Waals surface area contributed by atoms with Gasteiger partial charge in [-0.05, 0) is 53.2 Å². The SMILES string of the molecule is CCCNC(C)(C#N)CCCN(C)C(C)COC. The van der Waals surface area contributed by atoms with Gasteiger partial charge in [0.05, 0.1) is 12.7 Å². The maximum Gasteiger partial charge on any atom is 0.103 e. The average Bonchev–Trinajstić information content (AvgIpc) is 2.36. The molecular weight excluding hydrogens is 226 g/mol. The summed E-state index contributed by atoms with van der Waals surface area (Å²) in [5.41, 5.74) is -0.388. The number of ether oxygens (including phenoxy) is 1. The van der Waals surface area contributed by atoms with Crippen molar-refractivity contribution in [1.29, 1.82) is 5.26 Å². The molecule has 0 aromatic carbocycles. The molecule has 0 spiro atoms. The van der Waals surface area contributed by atoms with E-state index in [1.807, 2.05) is 6.92 Å². The Morgan fingerprint density at radius 2 is 2.17 bits per heavy atom. The van der Waals surface area contributed by atoms with Crippen molar-refractivity contribution in [1.82, 2.24) is 10.2 Å². The molecule has 0 aromatic heterocycles. The van der Waals surface area contributed by atoms with Gasteiger partial charge >= 0.3 is 0 Å². The minimum atomic E-state index is -0.388. The fraction of sp³-hybridized carbons (Fsp3) is 0.929. The topological polar surface area (TPSA) is 48.3 Å². The molecule has 4 nitrogen and oxygen atoms in total. The molecule has 2 unspecified atom stereocenters. The van der Waals surface area contributed by atoms with Gasteiger partial charge in [0, 0.05) is 13.2 Å². The molecular formula is C14H29N3O. The van der Waals surface area contributed by atoms with Crippen LogP contribution in [0.15, 0.2) is 0 Å². The predicted molar refractivity (Wildman–Crippen MR) is 75.5 cm³/mol. The number of nitrogens with zero attached hydrogens (tertiary/aromatic N) is 2. The quantitative estimate of drug-likeness (QED) is 0.649. The normalized spacial score (nSPS) is 16.3. The molecule has 0 heterocycles. The minimum Gasteiger partial charge on any atom is -0.383 e. The largest absolute Gasteiger partial charge is 0.383 e. The van der Waals surface area contributed by atoms with Crippen LogP contribution in [0.5, 0.6) is 0 Å². The second-order valence-corrected chi connectivity index (χ2v) is 5.26. The molecule has 106 valence electrons. The van der Waals surface area contributed by atoms with E-state index in [2.05, 4.69) is 37.2 Å². The smallest absolute Gasteiger partial charge is 0.103 e. The van der Waals surface area contributed by atoms with Gasteiger partial charge in [0.25, 0.3) is 0 Å². The first-order chi connectivity index (χ1) is 8.49. The molecule has 1 N–H and O–H groups in total. The summed E-state index contributed by atoms with van der Waals surface area (Å²) in [6.45, 7) is 8.91. The van der Waals surface area contributed by atoms with E-state index in [-0.39, 0.29) is 5.54 Å². The first kappa shape index (κ1) is 17.4. The second kappa shape index (κ2) is 9.32. The zero-order chi connectivity index (χ0) is 14.0. The van der Waals surface area contributed by atoms with E-state index < -0.39 is 0 Å². The predicted octanol–water partition coefficient (Wildman–Crippen LogP) is 2.02. The van der Waals surface area contributed by atoms with E-state index in [1.54, 1.807) is 7.11 Å². The molecule has 0 amide bonds. The lowest BCUT2D eigenvalue weighted by atomic mass is 9.97. The van der Waals surface area contributed by atoms with Crippen LogP contribution in [0.3, 0.4) is 0 Å². The molecule has 0 fully saturated rings. The van der Waals surface area contributed by atoms with Gasteiger partial charge in [-0.3, -0.25) is 5.32 Å². The Morgan fingerprint density at radius 1 is 1.50 bits per heavy atom. The number of nitrogens with one attached hydrogen (secondary N) is 1. The molecule has 0 radical (unpaired) electrons. The van der Waals surface area contributed by atoms with Crippen LogP contribution in [0.2, 0.25) is 0 Å². The Morgan fingerprint density at radius 3 is 2.67 bits per heavy atom. The standard InChI is InChI=1S/C14H29N3O/c1-6-9-16-14(3,12-15)8-7-10-17(4)13(2)11-18-5/h13,16H,6-11H2,1-5H3. The lowest BCUT2D eigenvalue weighted by Gasteiger charge is -2.27. The summed E-state index contributed by atoms with van der Waals surface area (Å²) >= 11 is 0. The van der Waals surface area contributed by atoms with Crippen molar-refractivity contribution < 1.29 is 4.74 Å². The van der Waals surface area contributed by atoms with E-state index in [4.69, 9.17) is 4.74 Å². The zero-order valence-electron chi connectivity index (χ0n) is 12.6. The first-order valence-corrected chi connectivity index (χ1v) is 6.84. The molecule has 0 rings (SSSR count). The van der Waals surface area contributed by atoms with Gasteiger partial charge in [0.1, 0.15) is 5.54 Å². The molecule has 0 aromatic rings. The third-order valence-electron chi connectivity index (χ3n) is 3.36. The van der Waals surface area contributed by atoms with Crippen molar-refractivity contribution in [2.45, 2.75) is 51.6 Å². The van der Waals surface area contributed by atoms with Crippen LogP contribution in [0.25, 0.3) is 0 Å². The Kier molecular flexibility index (Phi) is 8.99. The number of hydrogen-bond acceptors (Lipinski definition) is 4. The minimum absolute atomic E-state index is 0.388. The fourth-order valence-corrected chi connectivity index (χ4v) is 1.86. The van der Waals surface area contributed by atoms with E-state index >= 15 is 0 Å². The van der Waals surface area contributed by atoms with Crippen molar-refractivity contribution in [3.8, 4) is 6.07 Å². The Hall–Kier alpha value is -0.630. The van der Waals surface area contributed by atoms with Gasteiger partial charge < -0.3 is 9.64 Å². The fourth-order valence-electron chi connectivity index (χ4n) is 1.86. The summed E-state index contributed by atoms with van der Waals surface area (Å²) in [5, 5.41) is 12.5. The van der Waals surface area contributed by atoms with Crippen molar-refractivity contribution in [2.75, 3.05) is 33.9 Å². The van der Waals surface area contributed by atoms with Crippen LogP contribution in [0.1, 0.15) is 40.0 Å². The molecule has 18 heavy (non-hydrogen) atoms. The summed E-state index contributed by atoms with van der Waals surface area (Å²) in [7, 11) is 3.83. The number of rotatable bonds is 10. The highest BCUT2D eigenvalue weighted by Crippen LogP contribution is 2.12. The average molecular weight is 255 g/mol. The second-order valence-electron chi connectivity index (χ2n) is 5.26. The molecule has 0 aliphatic carbocycles. The monoisotopic (exact) mass is 255 g/mol. The molecule has 0 aliphatic rings. The molecule has 2 atom stereocenters. The summed E-state index contributed by atoms with van der Waals surface area (Å²) in [6.07, 6.45) is 2.96. The Labute approximate surface area is 112 Å². The van der Waals surface area contributed by atoms with E-state index in [0.717, 1.165) is 39.0 Å². The van der Waals surface area contributed by atoms with E-state index in [9.17, 15) is 5.26 Å². The highest BCUT2D eigenvalue weighted by Gasteiger charge is 2.22. The van der Waals surface area contributed by atoms with Gasteiger partial charge in [-0.2, -0.15) is 5.26 Å². The number of likely N-dealkylation sites (N-methyl/N-ethyl adjacent to an activating group) is 1. The van der Waals surface area contributed by atoms with Crippen molar-refractivity contribution in [2.24, 2.45) is 0 Å². The van der Waals surface area contributed by atoms with Gasteiger partial charge in [-0.25, -0.2) is 0 Å². The van der Waals surface area contributed by atoms with Crippen molar-refractivity contribution in [3.63, 3.8) is 0 Å². The summed E-state index contributed by atoms with van der Waals surface area (Å²) in [5.74, 6) is 0. The number of hydrogen-bond donors (Lipinski definition) is 1.